The summed E-state index contributed by atoms with van der Waals surface area (Å²) in [7, 11) is 0. The van der Waals surface area contributed by atoms with Crippen LogP contribution in [0.2, 0.25) is 0 Å². The van der Waals surface area contributed by atoms with Gasteiger partial charge in [-0.05, 0) is 47.2 Å². The Bertz CT molecular complexity index is 1040. The van der Waals surface area contributed by atoms with Crippen molar-refractivity contribution in [2.75, 3.05) is 43.0 Å². The van der Waals surface area contributed by atoms with E-state index in [9.17, 15) is 9.59 Å². The first kappa shape index (κ1) is 19.8. The molecule has 1 N–H and O–H groups in total. The number of carbonyl (C=O) groups is 2. The molecule has 1 aliphatic heterocycles. The van der Waals surface area contributed by atoms with E-state index in [0.29, 0.717) is 5.75 Å². The Morgan fingerprint density at radius 3 is 2.30 bits per heavy atom. The molecule has 0 aromatic heterocycles. The lowest BCUT2D eigenvalue weighted by Crippen LogP contribution is -2.48. The molecule has 2 amide bonds. The Labute approximate surface area is 176 Å². The minimum Gasteiger partial charge on any atom is -0.484 e. The fraction of sp³-hybridized carbons (Fsp3) is 0.250. The average Bonchev–Trinajstić information content (AvgIpc) is 2.78. The number of ether oxygens (including phenoxy) is 1. The van der Waals surface area contributed by atoms with Crippen LogP contribution in [0.25, 0.3) is 10.8 Å². The molecule has 0 radical (unpaired) electrons. The van der Waals surface area contributed by atoms with Crippen LogP contribution < -0.4 is 15.0 Å². The molecule has 0 saturated carbocycles. The van der Waals surface area contributed by atoms with Gasteiger partial charge >= 0.3 is 0 Å². The molecule has 30 heavy (non-hydrogen) atoms. The predicted octanol–water partition coefficient (Wildman–Crippen LogP) is 3.53. The maximum atomic E-state index is 12.3. The van der Waals surface area contributed by atoms with Gasteiger partial charge in [-0.15, -0.1) is 0 Å². The van der Waals surface area contributed by atoms with E-state index in [1.807, 2.05) is 71.6 Å². The van der Waals surface area contributed by atoms with Gasteiger partial charge < -0.3 is 19.9 Å². The van der Waals surface area contributed by atoms with Gasteiger partial charge in [-0.3, -0.25) is 9.59 Å². The van der Waals surface area contributed by atoms with E-state index in [1.54, 1.807) is 6.92 Å². The summed E-state index contributed by atoms with van der Waals surface area (Å²) in [6, 6.07) is 21.6. The molecular weight excluding hydrogens is 378 g/mol. The second kappa shape index (κ2) is 8.86. The fourth-order valence-corrected chi connectivity index (χ4v) is 3.64. The van der Waals surface area contributed by atoms with E-state index in [2.05, 4.69) is 10.2 Å². The highest BCUT2D eigenvalue weighted by molar-refractivity contribution is 5.92. The number of hydrogen-bond donors (Lipinski definition) is 1. The summed E-state index contributed by atoms with van der Waals surface area (Å²) >= 11 is 0. The van der Waals surface area contributed by atoms with Crippen molar-refractivity contribution in [3.8, 4) is 5.75 Å². The van der Waals surface area contributed by atoms with Crippen molar-refractivity contribution in [2.45, 2.75) is 6.92 Å². The Balaban J connectivity index is 1.28. The van der Waals surface area contributed by atoms with Gasteiger partial charge in [0.15, 0.2) is 6.61 Å². The fourth-order valence-electron chi connectivity index (χ4n) is 3.64. The molecule has 1 heterocycles. The Morgan fingerprint density at radius 1 is 0.900 bits per heavy atom. The number of fused-ring (bicyclic) bond motifs is 1. The van der Waals surface area contributed by atoms with Gasteiger partial charge in [-0.1, -0.05) is 30.3 Å². The van der Waals surface area contributed by atoms with Crippen molar-refractivity contribution in [2.24, 2.45) is 0 Å². The lowest BCUT2D eigenvalue weighted by atomic mass is 10.1. The zero-order valence-corrected chi connectivity index (χ0v) is 17.0. The smallest absolute Gasteiger partial charge is 0.262 e. The highest BCUT2D eigenvalue weighted by Crippen LogP contribution is 2.21. The largest absolute Gasteiger partial charge is 0.484 e. The number of nitrogens with zero attached hydrogens (tertiary/aromatic N) is 2. The molecule has 0 aliphatic carbocycles. The minimum absolute atomic E-state index is 0.0485. The van der Waals surface area contributed by atoms with Crippen molar-refractivity contribution < 1.29 is 14.3 Å². The van der Waals surface area contributed by atoms with Crippen LogP contribution in [-0.2, 0) is 9.59 Å². The summed E-state index contributed by atoms with van der Waals surface area (Å²) in [6.07, 6.45) is 0. The van der Waals surface area contributed by atoms with Gasteiger partial charge in [0.2, 0.25) is 5.91 Å². The number of anilines is 2. The summed E-state index contributed by atoms with van der Waals surface area (Å²) in [5, 5.41) is 5.08. The zero-order chi connectivity index (χ0) is 20.9. The molecule has 4 rings (SSSR count). The summed E-state index contributed by atoms with van der Waals surface area (Å²) in [5.74, 6) is 0.591. The van der Waals surface area contributed by atoms with E-state index in [1.165, 1.54) is 0 Å². The first-order valence-electron chi connectivity index (χ1n) is 10.1. The molecule has 154 valence electrons. The van der Waals surface area contributed by atoms with Crippen LogP contribution in [0.1, 0.15) is 6.92 Å². The van der Waals surface area contributed by atoms with Crippen LogP contribution in [0.5, 0.6) is 5.75 Å². The maximum Gasteiger partial charge on any atom is 0.262 e. The van der Waals surface area contributed by atoms with Crippen molar-refractivity contribution in [3.05, 3.63) is 66.7 Å². The van der Waals surface area contributed by atoms with Crippen molar-refractivity contribution >= 4 is 34.0 Å². The normalized spacial score (nSPS) is 13.9. The topological polar surface area (TPSA) is 61.9 Å². The molecule has 3 aromatic rings. The summed E-state index contributed by atoms with van der Waals surface area (Å²) in [6.45, 7) is 4.65. The molecule has 6 heteroatoms. The van der Waals surface area contributed by atoms with Gasteiger partial charge in [0.25, 0.3) is 5.91 Å². The Morgan fingerprint density at radius 2 is 1.60 bits per heavy atom. The van der Waals surface area contributed by atoms with E-state index >= 15 is 0 Å². The quantitative estimate of drug-likeness (QED) is 0.708. The molecular formula is C24H25N3O3. The van der Waals surface area contributed by atoms with Crippen LogP contribution in [-0.4, -0.2) is 49.5 Å². The van der Waals surface area contributed by atoms with E-state index in [0.717, 1.165) is 48.3 Å². The van der Waals surface area contributed by atoms with Gasteiger partial charge in [-0.2, -0.15) is 0 Å². The monoisotopic (exact) mass is 403 g/mol. The van der Waals surface area contributed by atoms with Gasteiger partial charge in [0.1, 0.15) is 5.75 Å². The van der Waals surface area contributed by atoms with E-state index < -0.39 is 0 Å². The number of carbonyl (C=O) groups excluding carboxylic acids is 2. The summed E-state index contributed by atoms with van der Waals surface area (Å²) in [5.41, 5.74) is 1.82. The standard InChI is InChI=1S/C24H25N3O3/c1-18(28)26-12-14-27(15-13-26)22-9-7-21(8-10-22)25-24(29)17-30-23-11-6-19-4-2-3-5-20(19)16-23/h2-11,16H,12-15,17H2,1H3,(H,25,29). The van der Waals surface area contributed by atoms with Gasteiger partial charge in [0, 0.05) is 44.5 Å². The van der Waals surface area contributed by atoms with E-state index in [-0.39, 0.29) is 18.4 Å². The molecule has 0 atom stereocenters. The second-order valence-electron chi connectivity index (χ2n) is 7.39. The van der Waals surface area contributed by atoms with Crippen LogP contribution >= 0.6 is 0 Å². The van der Waals surface area contributed by atoms with E-state index in [4.69, 9.17) is 4.74 Å². The lowest BCUT2D eigenvalue weighted by molar-refractivity contribution is -0.129. The molecule has 1 aliphatic rings. The third kappa shape index (κ3) is 4.71. The molecule has 0 bridgehead atoms. The maximum absolute atomic E-state index is 12.3. The highest BCUT2D eigenvalue weighted by Gasteiger charge is 2.18. The molecule has 1 saturated heterocycles. The molecule has 0 unspecified atom stereocenters. The molecule has 0 spiro atoms. The van der Waals surface area contributed by atoms with Gasteiger partial charge in [0.05, 0.1) is 0 Å². The number of nitrogens with one attached hydrogen (secondary N) is 1. The highest BCUT2D eigenvalue weighted by atomic mass is 16.5. The van der Waals surface area contributed by atoms with Crippen LogP contribution in [0, 0.1) is 0 Å². The summed E-state index contributed by atoms with van der Waals surface area (Å²) in [4.78, 5) is 27.8. The van der Waals surface area contributed by atoms with Crippen LogP contribution in [0.15, 0.2) is 66.7 Å². The van der Waals surface area contributed by atoms with Crippen molar-refractivity contribution in [1.29, 1.82) is 0 Å². The average molecular weight is 403 g/mol. The predicted molar refractivity (Wildman–Crippen MR) is 119 cm³/mol. The number of benzene rings is 3. The third-order valence-electron chi connectivity index (χ3n) is 5.33. The number of amides is 2. The lowest BCUT2D eigenvalue weighted by Gasteiger charge is -2.35. The van der Waals surface area contributed by atoms with Gasteiger partial charge in [-0.25, -0.2) is 0 Å². The molecule has 6 nitrogen and oxygen atoms in total. The first-order chi connectivity index (χ1) is 14.6. The third-order valence-corrected chi connectivity index (χ3v) is 5.33. The number of hydrogen-bond acceptors (Lipinski definition) is 4. The SMILES string of the molecule is CC(=O)N1CCN(c2ccc(NC(=O)COc3ccc4ccccc4c3)cc2)CC1. The van der Waals surface area contributed by atoms with Crippen molar-refractivity contribution in [3.63, 3.8) is 0 Å². The number of rotatable bonds is 5. The van der Waals surface area contributed by atoms with Crippen molar-refractivity contribution in [1.82, 2.24) is 4.90 Å². The Kier molecular flexibility index (Phi) is 5.84. The minimum atomic E-state index is -0.203. The summed E-state index contributed by atoms with van der Waals surface area (Å²) < 4.78 is 5.64. The van der Waals surface area contributed by atoms with Crippen LogP contribution in [0.3, 0.4) is 0 Å². The molecule has 1 fully saturated rings. The Hall–Kier alpha value is -3.54. The first-order valence-corrected chi connectivity index (χ1v) is 10.1. The van der Waals surface area contributed by atoms with Crippen LogP contribution in [0.4, 0.5) is 11.4 Å². The zero-order valence-electron chi connectivity index (χ0n) is 17.0. The second-order valence-corrected chi connectivity index (χ2v) is 7.39. The molecule has 3 aromatic carbocycles. The number of piperazine rings is 1.